The Hall–Kier alpha value is -2.28. The maximum atomic E-state index is 11.5. The third-order valence-corrected chi connectivity index (χ3v) is 4.32. The van der Waals surface area contributed by atoms with E-state index in [4.69, 9.17) is 5.73 Å². The molecule has 0 aliphatic carbocycles. The number of carbonyl (C=O) groups is 1. The number of tetrazole rings is 1. The first-order chi connectivity index (χ1) is 11.3. The highest BCUT2D eigenvalue weighted by molar-refractivity contribution is 5.79. The van der Waals surface area contributed by atoms with Gasteiger partial charge in [0.05, 0.1) is 11.7 Å². The van der Waals surface area contributed by atoms with Crippen LogP contribution in [0.15, 0.2) is 30.3 Å². The molecule has 0 bridgehead atoms. The summed E-state index contributed by atoms with van der Waals surface area (Å²) in [5.74, 6) is 0.627. The van der Waals surface area contributed by atoms with Gasteiger partial charge in [0.25, 0.3) is 0 Å². The van der Waals surface area contributed by atoms with E-state index in [0.717, 1.165) is 56.7 Å². The van der Waals surface area contributed by atoms with Gasteiger partial charge >= 0.3 is 0 Å². The third-order valence-electron chi connectivity index (χ3n) is 4.32. The second-order valence-electron chi connectivity index (χ2n) is 5.90. The molecule has 122 valence electrons. The fourth-order valence-corrected chi connectivity index (χ4v) is 3.15. The van der Waals surface area contributed by atoms with Crippen LogP contribution in [0.2, 0.25) is 0 Å². The smallest absolute Gasteiger partial charge is 0.234 e. The summed E-state index contributed by atoms with van der Waals surface area (Å²) in [6.45, 7) is 1.78. The van der Waals surface area contributed by atoms with Crippen LogP contribution in [0.1, 0.15) is 31.5 Å². The first kappa shape index (κ1) is 15.6. The summed E-state index contributed by atoms with van der Waals surface area (Å²) >= 11 is 0. The fraction of sp³-hybridized carbons (Fsp3) is 0.500. The fourth-order valence-electron chi connectivity index (χ4n) is 3.15. The molecular formula is C16H22N6O. The van der Waals surface area contributed by atoms with Gasteiger partial charge in [-0.15, -0.1) is 5.10 Å². The first-order valence-electron chi connectivity index (χ1n) is 8.12. The molecule has 1 fully saturated rings. The normalized spacial score (nSPS) is 18.9. The van der Waals surface area contributed by atoms with Gasteiger partial charge in [0.2, 0.25) is 5.91 Å². The molecule has 3 rings (SSSR count). The first-order valence-corrected chi connectivity index (χ1v) is 8.12. The Morgan fingerprint density at radius 1 is 1.26 bits per heavy atom. The van der Waals surface area contributed by atoms with Gasteiger partial charge in [0, 0.05) is 6.42 Å². The summed E-state index contributed by atoms with van der Waals surface area (Å²) in [4.78, 5) is 13.7. The van der Waals surface area contributed by atoms with Gasteiger partial charge in [-0.1, -0.05) is 24.6 Å². The predicted octanol–water partition coefficient (Wildman–Crippen LogP) is 0.935. The molecule has 1 saturated heterocycles. The second-order valence-corrected chi connectivity index (χ2v) is 5.90. The molecule has 7 nitrogen and oxygen atoms in total. The molecule has 1 atom stereocenters. The Kier molecular flexibility index (Phi) is 4.97. The summed E-state index contributed by atoms with van der Waals surface area (Å²) < 4.78 is 1.77. The van der Waals surface area contributed by atoms with E-state index in [-0.39, 0.29) is 11.9 Å². The van der Waals surface area contributed by atoms with Crippen LogP contribution in [0.4, 0.5) is 0 Å². The second kappa shape index (κ2) is 7.32. The molecule has 7 heteroatoms. The summed E-state index contributed by atoms with van der Waals surface area (Å²) in [6, 6.07) is 9.74. The van der Waals surface area contributed by atoms with E-state index in [9.17, 15) is 4.79 Å². The minimum Gasteiger partial charge on any atom is -0.368 e. The maximum Gasteiger partial charge on any atom is 0.234 e. The Labute approximate surface area is 135 Å². The third kappa shape index (κ3) is 3.73. The van der Waals surface area contributed by atoms with Crippen LogP contribution in [-0.2, 0) is 11.2 Å². The zero-order chi connectivity index (χ0) is 16.1. The van der Waals surface area contributed by atoms with Crippen molar-refractivity contribution < 1.29 is 4.79 Å². The van der Waals surface area contributed by atoms with E-state index in [2.05, 4.69) is 20.4 Å². The van der Waals surface area contributed by atoms with E-state index >= 15 is 0 Å². The number of primary amides is 1. The van der Waals surface area contributed by atoms with Crippen molar-refractivity contribution >= 4 is 5.91 Å². The zero-order valence-corrected chi connectivity index (χ0v) is 13.1. The number of nitrogens with two attached hydrogens (primary N) is 1. The topological polar surface area (TPSA) is 89.9 Å². The number of aryl methyl sites for hydroxylation is 1. The molecule has 2 aromatic rings. The van der Waals surface area contributed by atoms with Crippen molar-refractivity contribution in [1.29, 1.82) is 0 Å². The number of aromatic nitrogens is 4. The lowest BCUT2D eigenvalue weighted by Gasteiger charge is -2.33. The molecule has 1 unspecified atom stereocenters. The lowest BCUT2D eigenvalue weighted by atomic mass is 10.0. The van der Waals surface area contributed by atoms with Crippen molar-refractivity contribution in [2.75, 3.05) is 13.1 Å². The highest BCUT2D eigenvalue weighted by Crippen LogP contribution is 2.17. The van der Waals surface area contributed by atoms with E-state index in [1.165, 1.54) is 0 Å². The number of hydrogen-bond donors (Lipinski definition) is 1. The van der Waals surface area contributed by atoms with Crippen molar-refractivity contribution in [1.82, 2.24) is 25.1 Å². The largest absolute Gasteiger partial charge is 0.368 e. The minimum atomic E-state index is -0.209. The molecule has 1 amide bonds. The van der Waals surface area contributed by atoms with Gasteiger partial charge in [0.15, 0.2) is 5.82 Å². The Balaban J connectivity index is 1.59. The van der Waals surface area contributed by atoms with Crippen LogP contribution in [-0.4, -0.2) is 50.1 Å². The van der Waals surface area contributed by atoms with Gasteiger partial charge in [0.1, 0.15) is 0 Å². The molecule has 0 radical (unpaired) electrons. The quantitative estimate of drug-likeness (QED) is 0.857. The lowest BCUT2D eigenvalue weighted by molar-refractivity contribution is -0.124. The van der Waals surface area contributed by atoms with Crippen LogP contribution in [0.5, 0.6) is 0 Å². The van der Waals surface area contributed by atoms with Crippen LogP contribution < -0.4 is 5.73 Å². The Morgan fingerprint density at radius 3 is 2.87 bits per heavy atom. The van der Waals surface area contributed by atoms with Crippen LogP contribution in [0.25, 0.3) is 5.69 Å². The Morgan fingerprint density at radius 2 is 2.09 bits per heavy atom. The Bertz CT molecular complexity index is 641. The zero-order valence-electron chi connectivity index (χ0n) is 13.1. The van der Waals surface area contributed by atoms with Crippen molar-refractivity contribution in [3.05, 3.63) is 36.2 Å². The van der Waals surface area contributed by atoms with Crippen molar-refractivity contribution in [3.63, 3.8) is 0 Å². The van der Waals surface area contributed by atoms with Gasteiger partial charge < -0.3 is 5.73 Å². The van der Waals surface area contributed by atoms with Crippen molar-refractivity contribution in [3.8, 4) is 5.69 Å². The number of hydrogen-bond acceptors (Lipinski definition) is 5. The summed E-state index contributed by atoms with van der Waals surface area (Å²) in [5.41, 5.74) is 6.47. The number of carbonyl (C=O) groups excluding carboxylic acids is 1. The monoisotopic (exact) mass is 314 g/mol. The number of para-hydroxylation sites is 1. The number of nitrogens with zero attached hydrogens (tertiary/aromatic N) is 5. The van der Waals surface area contributed by atoms with Gasteiger partial charge in [-0.05, 0) is 54.9 Å². The number of piperidine rings is 1. The molecule has 23 heavy (non-hydrogen) atoms. The predicted molar refractivity (Wildman–Crippen MR) is 85.9 cm³/mol. The number of likely N-dealkylation sites (tertiary alicyclic amines) is 1. The molecule has 0 saturated carbocycles. The van der Waals surface area contributed by atoms with Crippen LogP contribution in [0.3, 0.4) is 0 Å². The van der Waals surface area contributed by atoms with E-state index in [0.29, 0.717) is 0 Å². The highest BCUT2D eigenvalue weighted by atomic mass is 16.1. The van der Waals surface area contributed by atoms with Gasteiger partial charge in [-0.25, -0.2) is 0 Å². The standard InChI is InChI=1S/C16H22N6O/c17-16(23)14-9-4-5-11-21(14)12-6-10-15-18-19-20-22(15)13-7-2-1-3-8-13/h1-3,7-8,14H,4-6,9-12H2,(H2,17,23). The van der Waals surface area contributed by atoms with E-state index < -0.39 is 0 Å². The molecule has 2 heterocycles. The summed E-state index contributed by atoms with van der Waals surface area (Å²) in [5, 5.41) is 12.0. The molecule has 0 spiro atoms. The van der Waals surface area contributed by atoms with Gasteiger partial charge in [-0.3, -0.25) is 9.69 Å². The number of rotatable bonds is 6. The maximum absolute atomic E-state index is 11.5. The average Bonchev–Trinajstić information content (AvgIpc) is 3.04. The molecular weight excluding hydrogens is 292 g/mol. The van der Waals surface area contributed by atoms with E-state index in [1.807, 2.05) is 30.3 Å². The molecule has 1 aliphatic rings. The van der Waals surface area contributed by atoms with Crippen LogP contribution >= 0.6 is 0 Å². The lowest BCUT2D eigenvalue weighted by Crippen LogP contribution is -2.48. The highest BCUT2D eigenvalue weighted by Gasteiger charge is 2.26. The number of benzene rings is 1. The van der Waals surface area contributed by atoms with E-state index in [1.54, 1.807) is 4.68 Å². The molecule has 1 aliphatic heterocycles. The summed E-state index contributed by atoms with van der Waals surface area (Å²) in [6.07, 6.45) is 4.75. The van der Waals surface area contributed by atoms with Crippen LogP contribution in [0, 0.1) is 0 Å². The van der Waals surface area contributed by atoms with Gasteiger partial charge in [-0.2, -0.15) is 4.68 Å². The van der Waals surface area contributed by atoms with Crippen molar-refractivity contribution in [2.24, 2.45) is 5.73 Å². The minimum absolute atomic E-state index is 0.117. The average molecular weight is 314 g/mol. The molecule has 2 N–H and O–H groups in total. The SMILES string of the molecule is NC(=O)C1CCCCN1CCCc1nnnn1-c1ccccc1. The number of amides is 1. The summed E-state index contributed by atoms with van der Waals surface area (Å²) in [7, 11) is 0. The molecule has 1 aromatic carbocycles. The molecule has 1 aromatic heterocycles. The van der Waals surface area contributed by atoms with Crippen molar-refractivity contribution in [2.45, 2.75) is 38.1 Å².